The Morgan fingerprint density at radius 3 is 3.27 bits per heavy atom. The molecule has 1 aromatic rings. The molecule has 1 aliphatic rings. The fourth-order valence-electron chi connectivity index (χ4n) is 0.966. The highest BCUT2D eigenvalue weighted by atomic mass is 35.5. The van der Waals surface area contributed by atoms with E-state index in [4.69, 9.17) is 11.6 Å². The Kier molecular flexibility index (Phi) is 1.21. The van der Waals surface area contributed by atoms with Crippen LogP contribution in [0.25, 0.3) is 0 Å². The first-order valence-electron chi connectivity index (χ1n) is 3.10. The molecular weight excluding hydrogens is 166 g/mol. The van der Waals surface area contributed by atoms with Crippen LogP contribution in [0, 0.1) is 0 Å². The van der Waals surface area contributed by atoms with Crippen molar-refractivity contribution in [2.45, 2.75) is 5.18 Å². The second kappa shape index (κ2) is 1.99. The number of anilines is 1. The molecule has 11 heavy (non-hydrogen) atoms. The highest BCUT2D eigenvalue weighted by Gasteiger charge is 2.27. The van der Waals surface area contributed by atoms with Gasteiger partial charge >= 0.3 is 0 Å². The summed E-state index contributed by atoms with van der Waals surface area (Å²) in [7, 11) is 0. The largest absolute Gasteiger partial charge is 0.354 e. The van der Waals surface area contributed by atoms with Crippen molar-refractivity contribution < 1.29 is 5.11 Å². The summed E-state index contributed by atoms with van der Waals surface area (Å²) in [6.45, 7) is 0. The summed E-state index contributed by atoms with van der Waals surface area (Å²) in [5.74, 6) is 0.671. The second-order valence-electron chi connectivity index (χ2n) is 2.24. The number of rotatable bonds is 0. The van der Waals surface area contributed by atoms with Gasteiger partial charge in [0.2, 0.25) is 0 Å². The summed E-state index contributed by atoms with van der Waals surface area (Å²) >= 11 is 5.67. The molecule has 2 N–H and O–H groups in total. The summed E-state index contributed by atoms with van der Waals surface area (Å²) in [6, 6.07) is 1.72. The first kappa shape index (κ1) is 6.69. The van der Waals surface area contributed by atoms with Crippen molar-refractivity contribution in [2.75, 3.05) is 5.32 Å². The highest BCUT2D eigenvalue weighted by Crippen LogP contribution is 2.26. The van der Waals surface area contributed by atoms with Gasteiger partial charge in [-0.05, 0) is 0 Å². The zero-order chi connectivity index (χ0) is 7.90. The van der Waals surface area contributed by atoms with Gasteiger partial charge in [-0.1, -0.05) is 11.6 Å². The third-order valence-electron chi connectivity index (χ3n) is 1.47. The van der Waals surface area contributed by atoms with E-state index >= 15 is 0 Å². The van der Waals surface area contributed by atoms with Crippen molar-refractivity contribution in [3.8, 4) is 0 Å². The van der Waals surface area contributed by atoms with Crippen LogP contribution in [-0.2, 0) is 5.18 Å². The number of halogens is 1. The number of alkyl halides is 1. The van der Waals surface area contributed by atoms with Crippen LogP contribution in [0.4, 0.5) is 5.82 Å². The van der Waals surface area contributed by atoms with Gasteiger partial charge in [-0.2, -0.15) is 5.10 Å². The van der Waals surface area contributed by atoms with E-state index in [9.17, 15) is 5.11 Å². The zero-order valence-corrected chi connectivity index (χ0v) is 6.28. The third-order valence-corrected chi connectivity index (χ3v) is 1.75. The van der Waals surface area contributed by atoms with Crippen molar-refractivity contribution in [1.29, 1.82) is 0 Å². The minimum Gasteiger partial charge on any atom is -0.354 e. The van der Waals surface area contributed by atoms with Gasteiger partial charge in [-0.25, -0.2) is 4.68 Å². The Bertz CT molecular complexity index is 305. The van der Waals surface area contributed by atoms with E-state index in [-0.39, 0.29) is 0 Å². The molecule has 0 saturated carbocycles. The minimum absolute atomic E-state index is 0.671. The number of fused-ring (bicyclic) bond motifs is 1. The molecule has 2 rings (SSSR count). The van der Waals surface area contributed by atoms with Crippen molar-refractivity contribution in [3.05, 3.63) is 24.5 Å². The molecule has 1 aromatic heterocycles. The van der Waals surface area contributed by atoms with Crippen LogP contribution < -0.4 is 5.32 Å². The molecule has 5 heteroatoms. The van der Waals surface area contributed by atoms with Crippen LogP contribution in [0.5, 0.6) is 0 Å². The van der Waals surface area contributed by atoms with Crippen LogP contribution >= 0.6 is 11.6 Å². The first-order valence-corrected chi connectivity index (χ1v) is 3.48. The van der Waals surface area contributed by atoms with Gasteiger partial charge in [-0.3, -0.25) is 0 Å². The molecule has 0 aliphatic carbocycles. The lowest BCUT2D eigenvalue weighted by atomic mass is 10.4. The number of aromatic nitrogens is 2. The molecule has 1 unspecified atom stereocenters. The molecule has 58 valence electrons. The summed E-state index contributed by atoms with van der Waals surface area (Å²) in [5.41, 5.74) is 0. The first-order chi connectivity index (χ1) is 5.20. The number of aliphatic hydroxyl groups is 1. The Labute approximate surface area is 68.1 Å². The summed E-state index contributed by atoms with van der Waals surface area (Å²) < 4.78 is 1.29. The van der Waals surface area contributed by atoms with E-state index in [2.05, 4.69) is 10.4 Å². The summed E-state index contributed by atoms with van der Waals surface area (Å²) in [6.07, 6.45) is 4.54. The quantitative estimate of drug-likeness (QED) is 0.564. The number of nitrogens with one attached hydrogen (secondary N) is 1. The molecule has 0 bridgehead atoms. The summed E-state index contributed by atoms with van der Waals surface area (Å²) in [5, 5.41) is 14.6. The lowest BCUT2D eigenvalue weighted by molar-refractivity contribution is 0.0910. The molecule has 0 aromatic carbocycles. The third kappa shape index (κ3) is 0.911. The molecule has 1 atom stereocenters. The lowest BCUT2D eigenvalue weighted by Crippen LogP contribution is -2.29. The number of nitrogens with zero attached hydrogens (tertiary/aromatic N) is 2. The fourth-order valence-corrected chi connectivity index (χ4v) is 1.16. The lowest BCUT2D eigenvalue weighted by Gasteiger charge is -2.22. The van der Waals surface area contributed by atoms with Crippen LogP contribution in [0.15, 0.2) is 24.5 Å². The molecular formula is C6H6ClN3O. The topological polar surface area (TPSA) is 50.1 Å². The van der Waals surface area contributed by atoms with E-state index in [1.54, 1.807) is 18.5 Å². The maximum atomic E-state index is 9.45. The normalized spacial score (nSPS) is 27.8. The molecule has 4 nitrogen and oxygen atoms in total. The van der Waals surface area contributed by atoms with Crippen molar-refractivity contribution in [2.24, 2.45) is 0 Å². The van der Waals surface area contributed by atoms with E-state index in [1.165, 1.54) is 10.8 Å². The number of hydrogen-bond acceptors (Lipinski definition) is 3. The van der Waals surface area contributed by atoms with Crippen LogP contribution in [-0.4, -0.2) is 14.9 Å². The van der Waals surface area contributed by atoms with Crippen molar-refractivity contribution in [3.63, 3.8) is 0 Å². The maximum absolute atomic E-state index is 9.45. The molecule has 0 saturated heterocycles. The van der Waals surface area contributed by atoms with Crippen molar-refractivity contribution in [1.82, 2.24) is 9.78 Å². The standard InChI is InChI=1S/C6H6ClN3O/c7-6(11)2-4-8-5-1-3-9-10(5)6/h1-4,8,11H. The predicted octanol–water partition coefficient (Wildman–Crippen LogP) is 0.664. The average molecular weight is 172 g/mol. The monoisotopic (exact) mass is 171 g/mol. The van der Waals surface area contributed by atoms with Crippen LogP contribution in [0.2, 0.25) is 0 Å². The Morgan fingerprint density at radius 2 is 2.55 bits per heavy atom. The Balaban J connectivity index is 2.56. The molecule has 2 heterocycles. The van der Waals surface area contributed by atoms with E-state index in [0.717, 1.165) is 0 Å². The van der Waals surface area contributed by atoms with Gasteiger partial charge in [0.15, 0.2) is 0 Å². The van der Waals surface area contributed by atoms with Gasteiger partial charge in [0.25, 0.3) is 5.18 Å². The second-order valence-corrected chi connectivity index (χ2v) is 2.80. The smallest absolute Gasteiger partial charge is 0.259 e. The molecule has 0 radical (unpaired) electrons. The van der Waals surface area contributed by atoms with E-state index in [0.29, 0.717) is 5.82 Å². The summed E-state index contributed by atoms with van der Waals surface area (Å²) in [4.78, 5) is 0. The zero-order valence-electron chi connectivity index (χ0n) is 5.53. The number of hydrogen-bond donors (Lipinski definition) is 2. The maximum Gasteiger partial charge on any atom is 0.259 e. The predicted molar refractivity (Wildman–Crippen MR) is 41.0 cm³/mol. The molecule has 0 fully saturated rings. The molecule has 0 amide bonds. The van der Waals surface area contributed by atoms with Crippen LogP contribution in [0.1, 0.15) is 0 Å². The van der Waals surface area contributed by atoms with E-state index in [1.807, 2.05) is 0 Å². The Hall–Kier alpha value is -1.00. The SMILES string of the molecule is OC1(Cl)C=CNc2ccnn21. The van der Waals surface area contributed by atoms with Gasteiger partial charge < -0.3 is 10.4 Å². The highest BCUT2D eigenvalue weighted by molar-refractivity contribution is 6.22. The van der Waals surface area contributed by atoms with E-state index < -0.39 is 5.18 Å². The van der Waals surface area contributed by atoms with Gasteiger partial charge in [0.05, 0.1) is 6.20 Å². The molecule has 0 spiro atoms. The molecule has 1 aliphatic heterocycles. The van der Waals surface area contributed by atoms with Gasteiger partial charge in [-0.15, -0.1) is 0 Å². The van der Waals surface area contributed by atoms with Crippen molar-refractivity contribution >= 4 is 17.4 Å². The van der Waals surface area contributed by atoms with Gasteiger partial charge in [0.1, 0.15) is 5.82 Å². The average Bonchev–Trinajstić information content (AvgIpc) is 2.34. The van der Waals surface area contributed by atoms with Gasteiger partial charge in [0, 0.05) is 18.3 Å². The van der Waals surface area contributed by atoms with Crippen LogP contribution in [0.3, 0.4) is 0 Å². The Morgan fingerprint density at radius 1 is 1.73 bits per heavy atom. The minimum atomic E-state index is -1.52. The fraction of sp³-hybridized carbons (Fsp3) is 0.167.